The fourth-order valence-corrected chi connectivity index (χ4v) is 2.97. The summed E-state index contributed by atoms with van der Waals surface area (Å²) in [6.45, 7) is 1.80. The minimum Gasteiger partial charge on any atom is -0.459 e. The fourth-order valence-electron chi connectivity index (χ4n) is 2.97. The summed E-state index contributed by atoms with van der Waals surface area (Å²) in [5, 5.41) is 19.0. The number of hydrogen-bond donors (Lipinski definition) is 3. The molecular weight excluding hydrogens is 457 g/mol. The van der Waals surface area contributed by atoms with E-state index in [4.69, 9.17) is 4.42 Å². The number of halogens is 3. The van der Waals surface area contributed by atoms with Crippen LogP contribution in [0.1, 0.15) is 32.0 Å². The molecule has 3 N–H and O–H groups in total. The summed E-state index contributed by atoms with van der Waals surface area (Å²) < 4.78 is 43.4. The lowest BCUT2D eigenvalue weighted by molar-refractivity contribution is -0.384. The number of amides is 2. The molecule has 12 heteroatoms. The van der Waals surface area contributed by atoms with Crippen LogP contribution >= 0.6 is 0 Å². The Balaban J connectivity index is 1.59. The largest absolute Gasteiger partial charge is 0.459 e. The van der Waals surface area contributed by atoms with Gasteiger partial charge in [-0.05, 0) is 48.9 Å². The van der Waals surface area contributed by atoms with Crippen LogP contribution in [0.3, 0.4) is 0 Å². The van der Waals surface area contributed by atoms with Gasteiger partial charge in [-0.3, -0.25) is 19.7 Å². The Morgan fingerprint density at radius 3 is 2.44 bits per heavy atom. The number of alkyl halides is 3. The first-order chi connectivity index (χ1) is 16.1. The van der Waals surface area contributed by atoms with Crippen LogP contribution < -0.4 is 16.0 Å². The average Bonchev–Trinajstić information content (AvgIpc) is 3.32. The second kappa shape index (κ2) is 10.1. The third-order valence-corrected chi connectivity index (χ3v) is 4.74. The van der Waals surface area contributed by atoms with E-state index in [2.05, 4.69) is 16.0 Å². The van der Waals surface area contributed by atoms with E-state index in [1.807, 2.05) is 0 Å². The number of nitrogens with zero attached hydrogens (tertiary/aromatic N) is 1. The third kappa shape index (κ3) is 5.91. The SMILES string of the molecule is Cc1ccc(C(=O)NCCNc2ccc(C(F)(F)F)cc2[N+](=O)[O-])cc1NC(=O)c1ccco1. The Labute approximate surface area is 191 Å². The predicted octanol–water partition coefficient (Wildman–Crippen LogP) is 4.61. The van der Waals surface area contributed by atoms with Crippen molar-refractivity contribution >= 4 is 28.9 Å². The van der Waals surface area contributed by atoms with Gasteiger partial charge in [-0.15, -0.1) is 0 Å². The van der Waals surface area contributed by atoms with E-state index in [9.17, 15) is 32.9 Å². The zero-order valence-electron chi connectivity index (χ0n) is 17.7. The van der Waals surface area contributed by atoms with E-state index < -0.39 is 34.2 Å². The number of furan rings is 1. The maximum Gasteiger partial charge on any atom is 0.416 e. The highest BCUT2D eigenvalue weighted by atomic mass is 19.4. The summed E-state index contributed by atoms with van der Waals surface area (Å²) in [4.78, 5) is 34.9. The first-order valence-electron chi connectivity index (χ1n) is 9.89. The molecule has 9 nitrogen and oxygen atoms in total. The highest BCUT2D eigenvalue weighted by Gasteiger charge is 2.33. The normalized spacial score (nSPS) is 11.1. The van der Waals surface area contributed by atoms with Gasteiger partial charge in [0.1, 0.15) is 5.69 Å². The summed E-state index contributed by atoms with van der Waals surface area (Å²) >= 11 is 0. The van der Waals surface area contributed by atoms with Crippen molar-refractivity contribution in [2.45, 2.75) is 13.1 Å². The molecule has 0 aliphatic heterocycles. The molecule has 3 rings (SSSR count). The number of nitrogens with one attached hydrogen (secondary N) is 3. The summed E-state index contributed by atoms with van der Waals surface area (Å²) in [5.41, 5.74) is -0.587. The van der Waals surface area contributed by atoms with Crippen LogP contribution in [0.2, 0.25) is 0 Å². The van der Waals surface area contributed by atoms with Gasteiger partial charge in [0.15, 0.2) is 5.76 Å². The molecule has 2 amide bonds. The van der Waals surface area contributed by atoms with Crippen LogP contribution in [-0.4, -0.2) is 29.8 Å². The Morgan fingerprint density at radius 1 is 1.03 bits per heavy atom. The zero-order valence-corrected chi connectivity index (χ0v) is 17.7. The van der Waals surface area contributed by atoms with Crippen molar-refractivity contribution in [3.63, 3.8) is 0 Å². The van der Waals surface area contributed by atoms with Crippen LogP contribution in [0.4, 0.5) is 30.2 Å². The van der Waals surface area contributed by atoms with Gasteiger partial charge in [0.2, 0.25) is 0 Å². The Bertz CT molecular complexity index is 1210. The molecular formula is C22H19F3N4O5. The van der Waals surface area contributed by atoms with Crippen molar-refractivity contribution in [1.82, 2.24) is 5.32 Å². The second-order valence-electron chi connectivity index (χ2n) is 7.13. The van der Waals surface area contributed by atoms with Gasteiger partial charge in [-0.25, -0.2) is 0 Å². The Hall–Kier alpha value is -4.35. The van der Waals surface area contributed by atoms with Crippen LogP contribution in [-0.2, 0) is 6.18 Å². The van der Waals surface area contributed by atoms with E-state index in [0.29, 0.717) is 17.3 Å². The van der Waals surface area contributed by atoms with Crippen LogP contribution in [0.15, 0.2) is 59.2 Å². The molecule has 1 heterocycles. The molecule has 0 bridgehead atoms. The third-order valence-electron chi connectivity index (χ3n) is 4.74. The van der Waals surface area contributed by atoms with Crippen LogP contribution in [0.5, 0.6) is 0 Å². The fraction of sp³-hybridized carbons (Fsp3) is 0.182. The second-order valence-corrected chi connectivity index (χ2v) is 7.13. The average molecular weight is 476 g/mol. The molecule has 0 unspecified atom stereocenters. The lowest BCUT2D eigenvalue weighted by Gasteiger charge is -2.12. The minimum absolute atomic E-state index is 0.0197. The monoisotopic (exact) mass is 476 g/mol. The summed E-state index contributed by atoms with van der Waals surface area (Å²) in [6, 6.07) is 9.91. The number of carbonyl (C=O) groups excluding carboxylic acids is 2. The van der Waals surface area contributed by atoms with Gasteiger partial charge in [0, 0.05) is 30.4 Å². The van der Waals surface area contributed by atoms with Gasteiger partial charge in [-0.1, -0.05) is 6.07 Å². The van der Waals surface area contributed by atoms with Crippen molar-refractivity contribution in [2.24, 2.45) is 0 Å². The number of carbonyl (C=O) groups is 2. The van der Waals surface area contributed by atoms with Crippen molar-refractivity contribution < 1.29 is 32.1 Å². The number of aryl methyl sites for hydroxylation is 1. The molecule has 0 atom stereocenters. The molecule has 0 saturated carbocycles. The summed E-state index contributed by atoms with van der Waals surface area (Å²) in [7, 11) is 0. The number of hydrogen-bond acceptors (Lipinski definition) is 6. The number of anilines is 2. The number of nitro benzene ring substituents is 1. The highest BCUT2D eigenvalue weighted by Crippen LogP contribution is 2.34. The number of nitro groups is 1. The lowest BCUT2D eigenvalue weighted by atomic mass is 10.1. The van der Waals surface area contributed by atoms with Crippen molar-refractivity contribution in [3.05, 3.63) is 87.4 Å². The van der Waals surface area contributed by atoms with Crippen LogP contribution in [0.25, 0.3) is 0 Å². The topological polar surface area (TPSA) is 127 Å². The minimum atomic E-state index is -4.71. The smallest absolute Gasteiger partial charge is 0.416 e. The first kappa shape index (κ1) is 24.3. The van der Waals surface area contributed by atoms with E-state index in [0.717, 1.165) is 12.1 Å². The predicted molar refractivity (Wildman–Crippen MR) is 117 cm³/mol. The first-order valence-corrected chi connectivity index (χ1v) is 9.89. The van der Waals surface area contributed by atoms with Crippen molar-refractivity contribution in [3.8, 4) is 0 Å². The Morgan fingerprint density at radius 2 is 1.79 bits per heavy atom. The Kier molecular flexibility index (Phi) is 7.19. The summed E-state index contributed by atoms with van der Waals surface area (Å²) in [6.07, 6.45) is -3.35. The van der Waals surface area contributed by atoms with Gasteiger partial charge >= 0.3 is 6.18 Å². The zero-order chi connectivity index (χ0) is 24.9. The van der Waals surface area contributed by atoms with Gasteiger partial charge in [0.05, 0.1) is 16.7 Å². The van der Waals surface area contributed by atoms with Gasteiger partial charge in [0.25, 0.3) is 17.5 Å². The van der Waals surface area contributed by atoms with E-state index in [-0.39, 0.29) is 30.1 Å². The van der Waals surface area contributed by atoms with E-state index in [1.54, 1.807) is 25.1 Å². The lowest BCUT2D eigenvalue weighted by Crippen LogP contribution is -2.29. The van der Waals surface area contributed by atoms with E-state index >= 15 is 0 Å². The van der Waals surface area contributed by atoms with Crippen molar-refractivity contribution in [2.75, 3.05) is 23.7 Å². The molecule has 0 aliphatic rings. The number of rotatable bonds is 8. The van der Waals surface area contributed by atoms with Crippen LogP contribution in [0, 0.1) is 17.0 Å². The molecule has 0 fully saturated rings. The molecule has 0 spiro atoms. The number of benzene rings is 2. The molecule has 2 aromatic carbocycles. The van der Waals surface area contributed by atoms with Crippen molar-refractivity contribution in [1.29, 1.82) is 0 Å². The molecule has 0 saturated heterocycles. The molecule has 0 radical (unpaired) electrons. The molecule has 3 aromatic rings. The molecule has 34 heavy (non-hydrogen) atoms. The highest BCUT2D eigenvalue weighted by molar-refractivity contribution is 6.03. The summed E-state index contributed by atoms with van der Waals surface area (Å²) in [5.74, 6) is -0.845. The maximum absolute atomic E-state index is 12.8. The maximum atomic E-state index is 12.8. The molecule has 0 aliphatic carbocycles. The standard InChI is InChI=1S/C22H19F3N4O5/c1-13-4-5-14(11-17(13)28-21(31)19-3-2-10-34-19)20(30)27-9-8-26-16-7-6-15(22(23,24)25)12-18(16)29(32)33/h2-7,10-12,26H,8-9H2,1H3,(H,27,30)(H,28,31). The van der Waals surface area contributed by atoms with E-state index in [1.165, 1.54) is 18.4 Å². The van der Waals surface area contributed by atoms with Gasteiger partial charge in [-0.2, -0.15) is 13.2 Å². The molecule has 178 valence electrons. The molecule has 1 aromatic heterocycles. The quantitative estimate of drug-likeness (QED) is 0.248. The van der Waals surface area contributed by atoms with Gasteiger partial charge < -0.3 is 20.4 Å².